The van der Waals surface area contributed by atoms with Gasteiger partial charge in [-0.25, -0.2) is 8.78 Å². The molecule has 4 unspecified atom stereocenters. The van der Waals surface area contributed by atoms with Gasteiger partial charge in [0.05, 0.1) is 12.1 Å². The third-order valence-electron chi connectivity index (χ3n) is 5.96. The van der Waals surface area contributed by atoms with Gasteiger partial charge in [-0.2, -0.15) is 0 Å². The van der Waals surface area contributed by atoms with E-state index in [-0.39, 0.29) is 23.9 Å². The Morgan fingerprint density at radius 2 is 2.00 bits per heavy atom. The van der Waals surface area contributed by atoms with Gasteiger partial charge in [-0.3, -0.25) is 0 Å². The van der Waals surface area contributed by atoms with Crippen LogP contribution in [-0.4, -0.2) is 6.61 Å². The summed E-state index contributed by atoms with van der Waals surface area (Å²) in [6.07, 6.45) is 2.89. The molecule has 2 aliphatic rings. The Balaban J connectivity index is 1.77. The molecule has 2 aromatic carbocycles. The molecule has 0 spiro atoms. The summed E-state index contributed by atoms with van der Waals surface area (Å²) < 4.78 is 34.4. The van der Waals surface area contributed by atoms with Gasteiger partial charge in [0.2, 0.25) is 0 Å². The molecule has 0 aromatic heterocycles. The standard InChI is InChI=1S/C22H25F2NO/c1-3-13(2)14-6-9-20-18(11-14)22-16(5-4-10-26-22)21(25-20)17-12-15(23)7-8-19(17)24/h6-9,11-13,16,21-22,25H,3-5,10H2,1-2H3. The van der Waals surface area contributed by atoms with Crippen molar-refractivity contribution in [3.8, 4) is 0 Å². The summed E-state index contributed by atoms with van der Waals surface area (Å²) in [6, 6.07) is 9.85. The average Bonchev–Trinajstić information content (AvgIpc) is 2.68. The van der Waals surface area contributed by atoms with Crippen LogP contribution in [0.1, 0.15) is 67.9 Å². The zero-order chi connectivity index (χ0) is 18.3. The predicted molar refractivity (Wildman–Crippen MR) is 99.3 cm³/mol. The van der Waals surface area contributed by atoms with Crippen LogP contribution in [0.5, 0.6) is 0 Å². The number of fused-ring (bicyclic) bond motifs is 3. The van der Waals surface area contributed by atoms with Crippen LogP contribution in [0.3, 0.4) is 0 Å². The molecule has 26 heavy (non-hydrogen) atoms. The monoisotopic (exact) mass is 357 g/mol. The molecule has 4 heteroatoms. The van der Waals surface area contributed by atoms with Gasteiger partial charge < -0.3 is 10.1 Å². The summed E-state index contributed by atoms with van der Waals surface area (Å²) in [5.41, 5.74) is 3.81. The van der Waals surface area contributed by atoms with Crippen LogP contribution in [0.2, 0.25) is 0 Å². The lowest BCUT2D eigenvalue weighted by Gasteiger charge is -2.43. The van der Waals surface area contributed by atoms with Crippen LogP contribution in [0.4, 0.5) is 14.5 Å². The van der Waals surface area contributed by atoms with Crippen molar-refractivity contribution in [2.24, 2.45) is 5.92 Å². The lowest BCUT2D eigenvalue weighted by molar-refractivity contribution is -0.0385. The van der Waals surface area contributed by atoms with Crippen LogP contribution in [0.25, 0.3) is 0 Å². The van der Waals surface area contributed by atoms with E-state index in [9.17, 15) is 8.78 Å². The van der Waals surface area contributed by atoms with Gasteiger partial charge in [-0.15, -0.1) is 0 Å². The minimum atomic E-state index is -0.408. The van der Waals surface area contributed by atoms with E-state index >= 15 is 0 Å². The maximum absolute atomic E-state index is 14.5. The Hall–Kier alpha value is -1.94. The van der Waals surface area contributed by atoms with E-state index in [0.29, 0.717) is 18.1 Å². The Labute approximate surface area is 153 Å². The number of nitrogens with one attached hydrogen (secondary N) is 1. The zero-order valence-corrected chi connectivity index (χ0v) is 15.3. The summed E-state index contributed by atoms with van der Waals surface area (Å²) in [5, 5.41) is 3.48. The number of anilines is 1. The summed E-state index contributed by atoms with van der Waals surface area (Å²) in [5.74, 6) is -0.192. The van der Waals surface area contributed by atoms with Crippen LogP contribution in [0, 0.1) is 17.6 Å². The molecule has 138 valence electrons. The van der Waals surface area contributed by atoms with Crippen molar-refractivity contribution in [3.63, 3.8) is 0 Å². The SMILES string of the molecule is CCC(C)c1ccc2c(c1)C1OCCCC1C(c1cc(F)ccc1F)N2. The fourth-order valence-corrected chi connectivity index (χ4v) is 4.29. The number of hydrogen-bond donors (Lipinski definition) is 1. The van der Waals surface area contributed by atoms with Crippen molar-refractivity contribution in [2.45, 2.75) is 51.2 Å². The summed E-state index contributed by atoms with van der Waals surface area (Å²) in [4.78, 5) is 0. The lowest BCUT2D eigenvalue weighted by Crippen LogP contribution is -2.36. The maximum atomic E-state index is 14.5. The molecular formula is C22H25F2NO. The molecule has 0 bridgehead atoms. The molecule has 4 atom stereocenters. The van der Waals surface area contributed by atoms with Crippen LogP contribution in [0.15, 0.2) is 36.4 Å². The van der Waals surface area contributed by atoms with E-state index in [1.54, 1.807) is 0 Å². The number of rotatable bonds is 3. The first-order valence-corrected chi connectivity index (χ1v) is 9.55. The molecule has 1 saturated heterocycles. The molecular weight excluding hydrogens is 332 g/mol. The number of benzene rings is 2. The lowest BCUT2D eigenvalue weighted by atomic mass is 9.76. The molecule has 2 aromatic rings. The molecule has 2 aliphatic heterocycles. The Bertz CT molecular complexity index is 807. The van der Waals surface area contributed by atoms with Crippen molar-refractivity contribution in [2.75, 3.05) is 11.9 Å². The first-order chi connectivity index (χ1) is 12.6. The largest absolute Gasteiger partial charge is 0.377 e. The van der Waals surface area contributed by atoms with Crippen LogP contribution in [-0.2, 0) is 4.74 Å². The maximum Gasteiger partial charge on any atom is 0.128 e. The van der Waals surface area contributed by atoms with Gasteiger partial charge in [0.15, 0.2) is 0 Å². The predicted octanol–water partition coefficient (Wildman–Crippen LogP) is 6.11. The first kappa shape index (κ1) is 17.5. The van der Waals surface area contributed by atoms with Gasteiger partial charge in [-0.1, -0.05) is 26.0 Å². The van der Waals surface area contributed by atoms with E-state index in [4.69, 9.17) is 4.74 Å². The highest BCUT2D eigenvalue weighted by Gasteiger charge is 2.41. The topological polar surface area (TPSA) is 21.3 Å². The molecule has 0 radical (unpaired) electrons. The van der Waals surface area contributed by atoms with Crippen molar-refractivity contribution in [1.29, 1.82) is 0 Å². The zero-order valence-electron chi connectivity index (χ0n) is 15.3. The van der Waals surface area contributed by atoms with Crippen molar-refractivity contribution < 1.29 is 13.5 Å². The molecule has 0 amide bonds. The van der Waals surface area contributed by atoms with E-state index in [1.807, 2.05) is 0 Å². The Morgan fingerprint density at radius 3 is 2.81 bits per heavy atom. The van der Waals surface area contributed by atoms with Gasteiger partial charge in [-0.05, 0) is 55.0 Å². The second kappa shape index (κ2) is 6.99. The highest BCUT2D eigenvalue weighted by Crippen LogP contribution is 2.50. The smallest absolute Gasteiger partial charge is 0.128 e. The molecule has 2 nitrogen and oxygen atoms in total. The summed E-state index contributed by atoms with van der Waals surface area (Å²) >= 11 is 0. The van der Waals surface area contributed by atoms with E-state index in [2.05, 4.69) is 37.4 Å². The van der Waals surface area contributed by atoms with Crippen LogP contribution >= 0.6 is 0 Å². The van der Waals surface area contributed by atoms with Gasteiger partial charge in [0.1, 0.15) is 11.6 Å². The Morgan fingerprint density at radius 1 is 1.15 bits per heavy atom. The van der Waals surface area contributed by atoms with Gasteiger partial charge >= 0.3 is 0 Å². The fraction of sp³-hybridized carbons (Fsp3) is 0.455. The molecule has 1 fully saturated rings. The van der Waals surface area contributed by atoms with E-state index in [1.165, 1.54) is 23.8 Å². The number of halogens is 2. The third kappa shape index (κ3) is 3.01. The summed E-state index contributed by atoms with van der Waals surface area (Å²) in [6.45, 7) is 5.12. The number of hydrogen-bond acceptors (Lipinski definition) is 2. The molecule has 4 rings (SSSR count). The normalized spacial score (nSPS) is 25.8. The highest BCUT2D eigenvalue weighted by atomic mass is 19.1. The molecule has 2 heterocycles. The van der Waals surface area contributed by atoms with Crippen molar-refractivity contribution in [3.05, 3.63) is 64.7 Å². The summed E-state index contributed by atoms with van der Waals surface area (Å²) in [7, 11) is 0. The minimum absolute atomic E-state index is 0.0725. The molecule has 0 aliphatic carbocycles. The third-order valence-corrected chi connectivity index (χ3v) is 5.96. The average molecular weight is 357 g/mol. The first-order valence-electron chi connectivity index (χ1n) is 9.55. The molecule has 0 saturated carbocycles. The number of ether oxygens (including phenoxy) is 1. The molecule has 1 N–H and O–H groups in total. The highest BCUT2D eigenvalue weighted by molar-refractivity contribution is 5.58. The second-order valence-electron chi connectivity index (χ2n) is 7.54. The Kier molecular flexibility index (Phi) is 4.70. The van der Waals surface area contributed by atoms with Gasteiger partial charge in [0.25, 0.3) is 0 Å². The minimum Gasteiger partial charge on any atom is -0.377 e. The van der Waals surface area contributed by atoms with Gasteiger partial charge in [0, 0.05) is 29.3 Å². The van der Waals surface area contributed by atoms with E-state index in [0.717, 1.165) is 30.5 Å². The van der Waals surface area contributed by atoms with E-state index < -0.39 is 5.82 Å². The van der Waals surface area contributed by atoms with Crippen LogP contribution < -0.4 is 5.32 Å². The second-order valence-corrected chi connectivity index (χ2v) is 7.54. The van der Waals surface area contributed by atoms with Crippen molar-refractivity contribution in [1.82, 2.24) is 0 Å². The quantitative estimate of drug-likeness (QED) is 0.715. The fourth-order valence-electron chi connectivity index (χ4n) is 4.29. The van der Waals surface area contributed by atoms with Crippen molar-refractivity contribution >= 4 is 5.69 Å².